The summed E-state index contributed by atoms with van der Waals surface area (Å²) in [6.07, 6.45) is 2.94. The van der Waals surface area contributed by atoms with Crippen LogP contribution in [0.4, 0.5) is 0 Å². The Kier molecular flexibility index (Phi) is 3.96. The lowest BCUT2D eigenvalue weighted by Gasteiger charge is -2.04. The average molecular weight is 182 g/mol. The van der Waals surface area contributed by atoms with Crippen LogP contribution in [0.3, 0.4) is 0 Å². The first-order valence-corrected chi connectivity index (χ1v) is 4.80. The Bertz CT molecular complexity index is 243. The molecule has 74 valence electrons. The molecule has 0 bridgehead atoms. The third-order valence-electron chi connectivity index (χ3n) is 1.84. The van der Waals surface area contributed by atoms with Gasteiger partial charge in [-0.2, -0.15) is 0 Å². The minimum absolute atomic E-state index is 0.737. The van der Waals surface area contributed by atoms with Crippen LogP contribution in [0.15, 0.2) is 10.6 Å². The summed E-state index contributed by atoms with van der Waals surface area (Å²) in [5.41, 5.74) is 0. The quantitative estimate of drug-likeness (QED) is 0.709. The fourth-order valence-electron chi connectivity index (χ4n) is 1.07. The number of hydrogen-bond donors (Lipinski definition) is 1. The van der Waals surface area contributed by atoms with Crippen LogP contribution in [0.25, 0.3) is 0 Å². The van der Waals surface area contributed by atoms with Crippen LogP contribution in [-0.2, 0) is 6.54 Å². The molecule has 1 heterocycles. The maximum absolute atomic E-state index is 5.32. The number of hydrogen-bond acceptors (Lipinski definition) is 3. The van der Waals surface area contributed by atoms with Crippen LogP contribution < -0.4 is 5.32 Å². The van der Waals surface area contributed by atoms with E-state index < -0.39 is 0 Å². The number of rotatable bonds is 5. The summed E-state index contributed by atoms with van der Waals surface area (Å²) < 4.78 is 5.32. The van der Waals surface area contributed by atoms with Gasteiger partial charge in [0.15, 0.2) is 0 Å². The van der Waals surface area contributed by atoms with Crippen molar-refractivity contribution in [3.05, 3.63) is 17.8 Å². The summed E-state index contributed by atoms with van der Waals surface area (Å²) in [6.45, 7) is 8.11. The SMILES string of the molecule is Cc1cnc(CNCCC(C)C)o1. The van der Waals surface area contributed by atoms with Gasteiger partial charge in [-0.1, -0.05) is 13.8 Å². The standard InChI is InChI=1S/C10H18N2O/c1-8(2)4-5-11-7-10-12-6-9(3)13-10/h6,8,11H,4-5,7H2,1-3H3. The fraction of sp³-hybridized carbons (Fsp3) is 0.700. The van der Waals surface area contributed by atoms with E-state index in [9.17, 15) is 0 Å². The summed E-state index contributed by atoms with van der Waals surface area (Å²) in [7, 11) is 0. The van der Waals surface area contributed by atoms with Gasteiger partial charge >= 0.3 is 0 Å². The molecule has 1 aromatic rings. The molecular formula is C10H18N2O. The monoisotopic (exact) mass is 182 g/mol. The molecule has 13 heavy (non-hydrogen) atoms. The van der Waals surface area contributed by atoms with E-state index in [0.717, 1.165) is 30.7 Å². The van der Waals surface area contributed by atoms with Crippen LogP contribution in [0.5, 0.6) is 0 Å². The van der Waals surface area contributed by atoms with Gasteiger partial charge in [-0.25, -0.2) is 4.98 Å². The zero-order valence-corrected chi connectivity index (χ0v) is 8.63. The lowest BCUT2D eigenvalue weighted by molar-refractivity contribution is 0.439. The maximum Gasteiger partial charge on any atom is 0.208 e. The predicted molar refractivity (Wildman–Crippen MR) is 52.4 cm³/mol. The summed E-state index contributed by atoms with van der Waals surface area (Å²) >= 11 is 0. The van der Waals surface area contributed by atoms with E-state index in [0.29, 0.717) is 0 Å². The molecule has 1 rings (SSSR count). The molecule has 0 aliphatic rings. The van der Waals surface area contributed by atoms with Crippen LogP contribution in [-0.4, -0.2) is 11.5 Å². The molecule has 0 saturated carbocycles. The van der Waals surface area contributed by atoms with E-state index in [1.165, 1.54) is 6.42 Å². The maximum atomic E-state index is 5.32. The highest BCUT2D eigenvalue weighted by atomic mass is 16.4. The fourth-order valence-corrected chi connectivity index (χ4v) is 1.07. The molecule has 0 fully saturated rings. The first kappa shape index (κ1) is 10.3. The topological polar surface area (TPSA) is 38.1 Å². The van der Waals surface area contributed by atoms with Crippen molar-refractivity contribution in [1.29, 1.82) is 0 Å². The summed E-state index contributed by atoms with van der Waals surface area (Å²) in [6, 6.07) is 0. The van der Waals surface area contributed by atoms with E-state index in [-0.39, 0.29) is 0 Å². The first-order valence-electron chi connectivity index (χ1n) is 4.80. The molecule has 0 aromatic carbocycles. The Morgan fingerprint density at radius 3 is 2.85 bits per heavy atom. The van der Waals surface area contributed by atoms with Crippen molar-refractivity contribution in [3.63, 3.8) is 0 Å². The molecule has 0 radical (unpaired) electrons. The summed E-state index contributed by atoms with van der Waals surface area (Å²) in [5.74, 6) is 2.40. The van der Waals surface area contributed by atoms with Gasteiger partial charge in [-0.15, -0.1) is 0 Å². The predicted octanol–water partition coefficient (Wildman–Crippen LogP) is 2.12. The van der Waals surface area contributed by atoms with E-state index in [1.54, 1.807) is 6.20 Å². The van der Waals surface area contributed by atoms with Gasteiger partial charge in [0, 0.05) is 0 Å². The zero-order chi connectivity index (χ0) is 9.68. The van der Waals surface area contributed by atoms with Gasteiger partial charge in [0.1, 0.15) is 5.76 Å². The van der Waals surface area contributed by atoms with Crippen LogP contribution in [0.1, 0.15) is 31.9 Å². The highest BCUT2D eigenvalue weighted by molar-refractivity contribution is 4.90. The number of nitrogens with one attached hydrogen (secondary N) is 1. The smallest absolute Gasteiger partial charge is 0.208 e. The summed E-state index contributed by atoms with van der Waals surface area (Å²) in [4.78, 5) is 4.10. The second-order valence-electron chi connectivity index (χ2n) is 3.72. The molecule has 1 N–H and O–H groups in total. The summed E-state index contributed by atoms with van der Waals surface area (Å²) in [5, 5.41) is 3.29. The third kappa shape index (κ3) is 4.08. The lowest BCUT2D eigenvalue weighted by atomic mass is 10.1. The van der Waals surface area contributed by atoms with Crippen molar-refractivity contribution in [2.75, 3.05) is 6.54 Å². The zero-order valence-electron chi connectivity index (χ0n) is 8.63. The number of nitrogens with zero attached hydrogens (tertiary/aromatic N) is 1. The van der Waals surface area contributed by atoms with Crippen LogP contribution >= 0.6 is 0 Å². The second kappa shape index (κ2) is 5.02. The second-order valence-corrected chi connectivity index (χ2v) is 3.72. The van der Waals surface area contributed by atoms with Gasteiger partial charge < -0.3 is 9.73 Å². The van der Waals surface area contributed by atoms with Crippen molar-refractivity contribution in [2.45, 2.75) is 33.7 Å². The average Bonchev–Trinajstić information content (AvgIpc) is 2.45. The Labute approximate surface area is 79.5 Å². The lowest BCUT2D eigenvalue weighted by Crippen LogP contribution is -2.16. The van der Waals surface area contributed by atoms with E-state index >= 15 is 0 Å². The number of aromatic nitrogens is 1. The van der Waals surface area contributed by atoms with Crippen molar-refractivity contribution in [2.24, 2.45) is 5.92 Å². The molecule has 0 amide bonds. The van der Waals surface area contributed by atoms with E-state index in [1.807, 2.05) is 6.92 Å². The molecule has 0 aliphatic carbocycles. The molecule has 0 unspecified atom stereocenters. The molecule has 3 heteroatoms. The van der Waals surface area contributed by atoms with Crippen molar-refractivity contribution in [3.8, 4) is 0 Å². The van der Waals surface area contributed by atoms with Crippen LogP contribution in [0, 0.1) is 12.8 Å². The Morgan fingerprint density at radius 2 is 2.31 bits per heavy atom. The Hall–Kier alpha value is -0.830. The van der Waals surface area contributed by atoms with Gasteiger partial charge in [0.25, 0.3) is 0 Å². The number of aryl methyl sites for hydroxylation is 1. The van der Waals surface area contributed by atoms with Crippen molar-refractivity contribution >= 4 is 0 Å². The first-order chi connectivity index (χ1) is 6.18. The highest BCUT2D eigenvalue weighted by Crippen LogP contribution is 2.01. The minimum atomic E-state index is 0.737. The third-order valence-corrected chi connectivity index (χ3v) is 1.84. The molecule has 0 spiro atoms. The van der Waals surface area contributed by atoms with E-state index in [4.69, 9.17) is 4.42 Å². The molecule has 0 atom stereocenters. The van der Waals surface area contributed by atoms with Gasteiger partial charge in [0.2, 0.25) is 5.89 Å². The molecule has 3 nitrogen and oxygen atoms in total. The van der Waals surface area contributed by atoms with Crippen molar-refractivity contribution in [1.82, 2.24) is 10.3 Å². The molecule has 1 aromatic heterocycles. The molecule has 0 saturated heterocycles. The van der Waals surface area contributed by atoms with E-state index in [2.05, 4.69) is 24.1 Å². The minimum Gasteiger partial charge on any atom is -0.445 e. The Morgan fingerprint density at radius 1 is 1.54 bits per heavy atom. The molecular weight excluding hydrogens is 164 g/mol. The van der Waals surface area contributed by atoms with Gasteiger partial charge in [0.05, 0.1) is 12.7 Å². The molecule has 0 aliphatic heterocycles. The van der Waals surface area contributed by atoms with Gasteiger partial charge in [-0.05, 0) is 25.8 Å². The Balaban J connectivity index is 2.13. The normalized spacial score (nSPS) is 11.1. The number of oxazole rings is 1. The highest BCUT2D eigenvalue weighted by Gasteiger charge is 1.99. The van der Waals surface area contributed by atoms with Gasteiger partial charge in [-0.3, -0.25) is 0 Å². The van der Waals surface area contributed by atoms with Crippen molar-refractivity contribution < 1.29 is 4.42 Å². The largest absolute Gasteiger partial charge is 0.445 e. The van der Waals surface area contributed by atoms with Crippen LogP contribution in [0.2, 0.25) is 0 Å².